The van der Waals surface area contributed by atoms with Crippen molar-refractivity contribution in [3.05, 3.63) is 23.8 Å². The van der Waals surface area contributed by atoms with E-state index < -0.39 is 45.8 Å². The highest BCUT2D eigenvalue weighted by Crippen LogP contribution is 2.72. The third-order valence-corrected chi connectivity index (χ3v) is 9.97. The van der Waals surface area contributed by atoms with E-state index in [2.05, 4.69) is 0 Å². The molecule has 3 fully saturated rings. The van der Waals surface area contributed by atoms with Crippen LogP contribution in [0.2, 0.25) is 0 Å². The van der Waals surface area contributed by atoms with E-state index in [-0.39, 0.29) is 30.0 Å². The Morgan fingerprint density at radius 2 is 1.97 bits per heavy atom. The topological polar surface area (TPSA) is 101 Å². The van der Waals surface area contributed by atoms with Gasteiger partial charge in [0.05, 0.1) is 11.0 Å². The van der Waals surface area contributed by atoms with Crippen molar-refractivity contribution in [1.82, 2.24) is 0 Å². The number of carbonyl (C=O) groups is 3. The first-order valence-electron chi connectivity index (χ1n) is 11.0. The van der Waals surface area contributed by atoms with Gasteiger partial charge in [0.2, 0.25) is 5.78 Å². The Hall–Kier alpha value is -1.50. The fraction of sp³-hybridized carbons (Fsp3) is 0.708. The maximum Gasteiger partial charge on any atom is 0.303 e. The lowest BCUT2D eigenvalue weighted by molar-refractivity contribution is -0.201. The fourth-order valence-electron chi connectivity index (χ4n) is 7.74. The number of rotatable bonds is 3. The summed E-state index contributed by atoms with van der Waals surface area (Å²) < 4.78 is 5.77. The monoisotopic (exact) mass is 450 g/mol. The zero-order valence-corrected chi connectivity index (χ0v) is 19.2. The van der Waals surface area contributed by atoms with Gasteiger partial charge in [-0.25, -0.2) is 0 Å². The number of allylic oxidation sites excluding steroid dienone is 4. The lowest BCUT2D eigenvalue weighted by Gasteiger charge is -2.64. The van der Waals surface area contributed by atoms with Crippen LogP contribution in [0.3, 0.4) is 0 Å². The Morgan fingerprint density at radius 1 is 1.29 bits per heavy atom. The predicted octanol–water partition coefficient (Wildman–Crippen LogP) is 2.74. The zero-order valence-electron chi connectivity index (χ0n) is 18.5. The Morgan fingerprint density at radius 3 is 2.58 bits per heavy atom. The molecule has 0 aromatic heterocycles. The summed E-state index contributed by atoms with van der Waals surface area (Å²) in [5.41, 5.74) is -2.14. The number of Topliss-reactive ketones (excluding diaryl/α,β-unsaturated/α-hetero) is 1. The molecule has 2 N–H and O–H groups in total. The molecule has 170 valence electrons. The van der Waals surface area contributed by atoms with Gasteiger partial charge in [-0.1, -0.05) is 32.4 Å². The molecule has 0 radical (unpaired) electrons. The van der Waals surface area contributed by atoms with E-state index >= 15 is 0 Å². The van der Waals surface area contributed by atoms with Crippen molar-refractivity contribution in [2.75, 3.05) is 6.61 Å². The highest BCUT2D eigenvalue weighted by atomic mass is 35.5. The standard InChI is InChI=1S/C24H31ClO6/c1-13-9-18-17-6-5-15-10-16(28)7-8-21(15,3)23(17,25)19(29)11-22(18,4)24(13,20(30)12-26)31-14(2)27/h7-8,10,13,17-19,26,29H,5-6,9,11-12H2,1-4H3/t13-,17-,18-,19-,21-,22-,23-,24+/m0/s1. The van der Waals surface area contributed by atoms with Crippen molar-refractivity contribution in [1.29, 1.82) is 0 Å². The second kappa shape index (κ2) is 7.00. The van der Waals surface area contributed by atoms with Crippen LogP contribution in [0.1, 0.15) is 53.4 Å². The average Bonchev–Trinajstić information content (AvgIpc) is 2.90. The van der Waals surface area contributed by atoms with Crippen LogP contribution in [0.25, 0.3) is 0 Å². The summed E-state index contributed by atoms with van der Waals surface area (Å²) in [6, 6.07) is 0. The van der Waals surface area contributed by atoms with Crippen LogP contribution in [0.5, 0.6) is 0 Å². The van der Waals surface area contributed by atoms with Crippen LogP contribution in [0.15, 0.2) is 23.8 Å². The van der Waals surface area contributed by atoms with Crippen molar-refractivity contribution in [3.63, 3.8) is 0 Å². The van der Waals surface area contributed by atoms with Crippen LogP contribution in [-0.2, 0) is 19.1 Å². The van der Waals surface area contributed by atoms with E-state index in [4.69, 9.17) is 16.3 Å². The Kier molecular flexibility index (Phi) is 5.12. The molecule has 4 aliphatic rings. The number of hydrogen-bond donors (Lipinski definition) is 2. The second-order valence-electron chi connectivity index (χ2n) is 10.3. The van der Waals surface area contributed by atoms with Crippen molar-refractivity contribution in [2.45, 2.75) is 70.0 Å². The Bertz CT molecular complexity index is 910. The summed E-state index contributed by atoms with van der Waals surface area (Å²) in [5.74, 6) is -1.76. The molecule has 3 saturated carbocycles. The second-order valence-corrected chi connectivity index (χ2v) is 10.9. The van der Waals surface area contributed by atoms with Gasteiger partial charge in [-0.3, -0.25) is 14.4 Å². The highest BCUT2D eigenvalue weighted by molar-refractivity contribution is 6.26. The third-order valence-electron chi connectivity index (χ3n) is 9.04. The molecule has 0 aromatic rings. The number of ether oxygens (including phenoxy) is 1. The van der Waals surface area contributed by atoms with E-state index in [9.17, 15) is 24.6 Å². The third kappa shape index (κ3) is 2.61. The van der Waals surface area contributed by atoms with Crippen LogP contribution in [0, 0.1) is 28.6 Å². The lowest BCUT2D eigenvalue weighted by Crippen LogP contribution is -2.69. The lowest BCUT2D eigenvalue weighted by atomic mass is 9.45. The number of ketones is 2. The van der Waals surface area contributed by atoms with E-state index in [0.29, 0.717) is 19.3 Å². The van der Waals surface area contributed by atoms with Gasteiger partial charge in [-0.2, -0.15) is 0 Å². The molecular formula is C24H31ClO6. The van der Waals surface area contributed by atoms with Crippen molar-refractivity contribution < 1.29 is 29.3 Å². The minimum absolute atomic E-state index is 0.0711. The Labute approximate surface area is 187 Å². The van der Waals surface area contributed by atoms with Gasteiger partial charge < -0.3 is 14.9 Å². The molecule has 7 heteroatoms. The largest absolute Gasteiger partial charge is 0.450 e. The van der Waals surface area contributed by atoms with E-state index in [1.165, 1.54) is 13.0 Å². The minimum atomic E-state index is -1.51. The average molecular weight is 451 g/mol. The number of fused-ring (bicyclic) bond motifs is 5. The number of esters is 1. The normalized spacial score (nSPS) is 48.4. The first kappa shape index (κ1) is 22.7. The smallest absolute Gasteiger partial charge is 0.303 e. The molecule has 4 rings (SSSR count). The number of alkyl halides is 1. The summed E-state index contributed by atoms with van der Waals surface area (Å²) in [4.78, 5) is 36.2. The quantitative estimate of drug-likeness (QED) is 0.506. The summed E-state index contributed by atoms with van der Waals surface area (Å²) in [6.07, 6.45) is 6.08. The molecule has 0 aromatic carbocycles. The number of halogens is 1. The molecule has 0 saturated heterocycles. The first-order valence-corrected chi connectivity index (χ1v) is 11.4. The SMILES string of the molecule is CC(=O)O[C@@]1(C(=O)CO)[C@@H](C)C[C@H]2[C@@H]3CCC4=CC(=O)C=C[C@]4(C)[C@@]3(Cl)[C@@H](O)C[C@@]21C. The maximum atomic E-state index is 13.1. The van der Waals surface area contributed by atoms with Crippen molar-refractivity contribution >= 4 is 29.1 Å². The van der Waals surface area contributed by atoms with Gasteiger partial charge in [0.25, 0.3) is 0 Å². The number of aliphatic hydroxyl groups excluding tert-OH is 2. The maximum absolute atomic E-state index is 13.1. The Balaban J connectivity index is 1.86. The fourth-order valence-corrected chi connectivity index (χ4v) is 8.27. The molecule has 0 heterocycles. The van der Waals surface area contributed by atoms with Gasteiger partial charge in [-0.15, -0.1) is 11.6 Å². The van der Waals surface area contributed by atoms with E-state index in [1.807, 2.05) is 26.8 Å². The van der Waals surface area contributed by atoms with Gasteiger partial charge >= 0.3 is 5.97 Å². The molecule has 0 unspecified atom stereocenters. The highest BCUT2D eigenvalue weighted by Gasteiger charge is 2.76. The van der Waals surface area contributed by atoms with Crippen molar-refractivity contribution in [2.24, 2.45) is 28.6 Å². The molecular weight excluding hydrogens is 420 g/mol. The molecule has 0 aliphatic heterocycles. The van der Waals surface area contributed by atoms with Crippen LogP contribution in [0.4, 0.5) is 0 Å². The molecule has 0 spiro atoms. The van der Waals surface area contributed by atoms with E-state index in [1.54, 1.807) is 6.08 Å². The summed E-state index contributed by atoms with van der Waals surface area (Å²) in [6.45, 7) is 6.28. The van der Waals surface area contributed by atoms with Crippen molar-refractivity contribution in [3.8, 4) is 0 Å². The van der Waals surface area contributed by atoms with Gasteiger partial charge in [0.1, 0.15) is 6.61 Å². The number of hydrogen-bond acceptors (Lipinski definition) is 6. The molecule has 31 heavy (non-hydrogen) atoms. The van der Waals surface area contributed by atoms with E-state index in [0.717, 1.165) is 5.57 Å². The molecule has 0 amide bonds. The summed E-state index contributed by atoms with van der Waals surface area (Å²) in [5, 5.41) is 21.3. The summed E-state index contributed by atoms with van der Waals surface area (Å²) in [7, 11) is 0. The van der Waals surface area contributed by atoms with Gasteiger partial charge in [0.15, 0.2) is 11.4 Å². The molecule has 4 aliphatic carbocycles. The first-order chi connectivity index (χ1) is 14.4. The van der Waals surface area contributed by atoms with Crippen LogP contribution >= 0.6 is 11.6 Å². The predicted molar refractivity (Wildman–Crippen MR) is 114 cm³/mol. The van der Waals surface area contributed by atoms with Crippen LogP contribution in [-0.4, -0.2) is 50.9 Å². The minimum Gasteiger partial charge on any atom is -0.450 e. The molecule has 0 bridgehead atoms. The molecule has 8 atom stereocenters. The summed E-state index contributed by atoms with van der Waals surface area (Å²) >= 11 is 7.38. The number of aliphatic hydroxyl groups is 2. The zero-order chi connectivity index (χ0) is 23.0. The number of carbonyl (C=O) groups excluding carboxylic acids is 3. The van der Waals surface area contributed by atoms with Crippen LogP contribution < -0.4 is 0 Å². The van der Waals surface area contributed by atoms with Gasteiger partial charge in [0, 0.05) is 23.7 Å². The van der Waals surface area contributed by atoms with Gasteiger partial charge in [-0.05, 0) is 49.7 Å². The molecule has 6 nitrogen and oxygen atoms in total.